The summed E-state index contributed by atoms with van der Waals surface area (Å²) in [7, 11) is 0. The van der Waals surface area contributed by atoms with E-state index in [1.807, 2.05) is 0 Å². The molecule has 1 heterocycles. The maximum atomic E-state index is 12.4. The molecule has 0 saturated heterocycles. The number of amides is 1. The third-order valence-electron chi connectivity index (χ3n) is 2.26. The Hall–Kier alpha value is -2.09. The molecule has 100 valence electrons. The number of thioether (sulfide) groups is 1. The van der Waals surface area contributed by atoms with Gasteiger partial charge in [0.05, 0.1) is 11.9 Å². The van der Waals surface area contributed by atoms with E-state index < -0.39 is 11.7 Å². The van der Waals surface area contributed by atoms with Crippen molar-refractivity contribution in [2.45, 2.75) is 10.7 Å². The zero-order chi connectivity index (χ0) is 13.8. The van der Waals surface area contributed by atoms with E-state index in [0.717, 1.165) is 0 Å². The van der Waals surface area contributed by atoms with Crippen LogP contribution in [0.15, 0.2) is 35.4 Å². The van der Waals surface area contributed by atoms with Gasteiger partial charge < -0.3 is 11.1 Å². The minimum Gasteiger partial charge on any atom is -0.383 e. The van der Waals surface area contributed by atoms with Crippen molar-refractivity contribution in [1.82, 2.24) is 10.2 Å². The van der Waals surface area contributed by atoms with Gasteiger partial charge in [0.2, 0.25) is 0 Å². The molecule has 1 aromatic heterocycles. The summed E-state index contributed by atoms with van der Waals surface area (Å²) >= 11 is 0.366. The molecule has 0 fully saturated rings. The molecule has 0 aliphatic rings. The van der Waals surface area contributed by atoms with Crippen molar-refractivity contribution in [2.75, 3.05) is 11.1 Å². The number of nitrogens with zero attached hydrogens (tertiary/aromatic N) is 1. The lowest BCUT2D eigenvalue weighted by Gasteiger charge is -2.09. The molecule has 0 unspecified atom stereocenters. The molecule has 2 aromatic rings. The van der Waals surface area contributed by atoms with Gasteiger partial charge >= 0.3 is 0 Å². The number of hydrogen-bond acceptors (Lipinski definition) is 4. The maximum absolute atomic E-state index is 12.4. The van der Waals surface area contributed by atoms with Crippen molar-refractivity contribution in [1.29, 1.82) is 0 Å². The fourth-order valence-corrected chi connectivity index (χ4v) is 2.03. The van der Waals surface area contributed by atoms with Gasteiger partial charge in [-0.15, -0.1) is 0 Å². The van der Waals surface area contributed by atoms with Crippen LogP contribution in [0.5, 0.6) is 0 Å². The normalized spacial score (nSPS) is 10.7. The van der Waals surface area contributed by atoms with Gasteiger partial charge in [0.1, 0.15) is 11.4 Å². The fourth-order valence-electron chi connectivity index (χ4n) is 1.44. The summed E-state index contributed by atoms with van der Waals surface area (Å²) in [6.07, 6.45) is 1.27. The van der Waals surface area contributed by atoms with Crippen LogP contribution < -0.4 is 11.1 Å². The number of aromatic amines is 1. The Bertz CT molecular complexity index is 588. The fraction of sp³-hybridized carbons (Fsp3) is 0.0909. The molecular formula is C11H10F2N4OS. The molecule has 5 nitrogen and oxygen atoms in total. The third-order valence-corrected chi connectivity index (χ3v) is 3.05. The molecule has 1 amide bonds. The number of H-pyrrole nitrogens is 1. The van der Waals surface area contributed by atoms with Gasteiger partial charge in [-0.1, -0.05) is 23.9 Å². The Kier molecular flexibility index (Phi) is 4.00. The van der Waals surface area contributed by atoms with E-state index in [9.17, 15) is 13.6 Å². The first-order chi connectivity index (χ1) is 9.08. The number of aromatic nitrogens is 2. The predicted octanol–water partition coefficient (Wildman–Crippen LogP) is 2.56. The number of benzene rings is 1. The molecule has 8 heteroatoms. The van der Waals surface area contributed by atoms with Crippen molar-refractivity contribution < 1.29 is 13.6 Å². The molecule has 2 rings (SSSR count). The topological polar surface area (TPSA) is 83.8 Å². The van der Waals surface area contributed by atoms with Crippen LogP contribution in [-0.2, 0) is 0 Å². The number of halogens is 2. The van der Waals surface area contributed by atoms with E-state index in [2.05, 4.69) is 15.5 Å². The number of rotatable bonds is 4. The molecule has 19 heavy (non-hydrogen) atoms. The lowest BCUT2D eigenvalue weighted by molar-refractivity contribution is 0.102. The van der Waals surface area contributed by atoms with Gasteiger partial charge in [-0.2, -0.15) is 13.9 Å². The van der Waals surface area contributed by atoms with Gasteiger partial charge in [0.25, 0.3) is 11.7 Å². The van der Waals surface area contributed by atoms with Crippen molar-refractivity contribution >= 4 is 29.2 Å². The zero-order valence-electron chi connectivity index (χ0n) is 9.56. The maximum Gasteiger partial charge on any atom is 0.288 e. The quantitative estimate of drug-likeness (QED) is 0.753. The second-order valence-corrected chi connectivity index (χ2v) is 4.56. The number of anilines is 2. The third kappa shape index (κ3) is 3.22. The van der Waals surface area contributed by atoms with E-state index in [4.69, 9.17) is 5.73 Å². The van der Waals surface area contributed by atoms with Gasteiger partial charge in [0, 0.05) is 4.90 Å². The van der Waals surface area contributed by atoms with Gasteiger partial charge in [-0.25, -0.2) is 0 Å². The predicted molar refractivity (Wildman–Crippen MR) is 69.3 cm³/mol. The first-order valence-corrected chi connectivity index (χ1v) is 6.10. The number of alkyl halides is 2. The summed E-state index contributed by atoms with van der Waals surface area (Å²) in [5.41, 5.74) is 5.98. The average Bonchev–Trinajstić information content (AvgIpc) is 2.77. The summed E-state index contributed by atoms with van der Waals surface area (Å²) in [5.74, 6) is -2.94. The highest BCUT2D eigenvalue weighted by Gasteiger charge is 2.15. The van der Waals surface area contributed by atoms with Crippen LogP contribution in [-0.4, -0.2) is 21.9 Å². The number of nitrogens with one attached hydrogen (secondary N) is 2. The van der Waals surface area contributed by atoms with Crippen LogP contribution >= 0.6 is 11.8 Å². The molecule has 1 aromatic carbocycles. The molecule has 4 N–H and O–H groups in total. The standard InChI is InChI=1S/C11H10F2N4OS/c12-11(13)19-8-4-2-1-3-7(8)16-10(18)6-5-15-17-9(6)14/h1-5,11H,(H,16,18)(H3,14,15,17). The molecule has 0 atom stereocenters. The van der Waals surface area contributed by atoms with Gasteiger partial charge in [-0.3, -0.25) is 9.89 Å². The summed E-state index contributed by atoms with van der Waals surface area (Å²) in [6.45, 7) is 0. The van der Waals surface area contributed by atoms with E-state index >= 15 is 0 Å². The molecule has 0 spiro atoms. The van der Waals surface area contributed by atoms with E-state index in [1.165, 1.54) is 12.3 Å². The van der Waals surface area contributed by atoms with Gasteiger partial charge in [-0.05, 0) is 12.1 Å². The number of para-hydroxylation sites is 1. The Morgan fingerprint density at radius 1 is 1.42 bits per heavy atom. The highest BCUT2D eigenvalue weighted by atomic mass is 32.2. The van der Waals surface area contributed by atoms with Crippen LogP contribution in [0.4, 0.5) is 20.3 Å². The van der Waals surface area contributed by atoms with Crippen LogP contribution in [0.25, 0.3) is 0 Å². The Balaban J connectivity index is 2.19. The summed E-state index contributed by atoms with van der Waals surface area (Å²) < 4.78 is 24.8. The minimum atomic E-state index is -2.56. The molecule has 0 radical (unpaired) electrons. The number of nitrogens with two attached hydrogens (primary N) is 1. The zero-order valence-corrected chi connectivity index (χ0v) is 10.4. The Labute approximate surface area is 111 Å². The van der Waals surface area contributed by atoms with Crippen molar-refractivity contribution in [3.05, 3.63) is 36.0 Å². The number of nitrogen functional groups attached to an aromatic ring is 1. The minimum absolute atomic E-state index is 0.122. The number of hydrogen-bond donors (Lipinski definition) is 3. The molecule has 0 bridgehead atoms. The first kappa shape index (κ1) is 13.3. The van der Waals surface area contributed by atoms with E-state index in [1.54, 1.807) is 18.2 Å². The monoisotopic (exact) mass is 284 g/mol. The molecular weight excluding hydrogens is 274 g/mol. The van der Waals surface area contributed by atoms with E-state index in [0.29, 0.717) is 17.4 Å². The number of carbonyl (C=O) groups excluding carboxylic acids is 1. The van der Waals surface area contributed by atoms with Crippen molar-refractivity contribution in [3.63, 3.8) is 0 Å². The van der Waals surface area contributed by atoms with Crippen molar-refractivity contribution in [2.24, 2.45) is 0 Å². The largest absolute Gasteiger partial charge is 0.383 e. The van der Waals surface area contributed by atoms with Crippen LogP contribution in [0.2, 0.25) is 0 Å². The first-order valence-electron chi connectivity index (χ1n) is 5.22. The SMILES string of the molecule is Nc1[nH]ncc1C(=O)Nc1ccccc1SC(F)F. The lowest BCUT2D eigenvalue weighted by atomic mass is 10.2. The number of carbonyl (C=O) groups is 1. The lowest BCUT2D eigenvalue weighted by Crippen LogP contribution is -2.13. The van der Waals surface area contributed by atoms with Crippen LogP contribution in [0, 0.1) is 0 Å². The molecule has 0 aliphatic carbocycles. The van der Waals surface area contributed by atoms with Crippen LogP contribution in [0.3, 0.4) is 0 Å². The van der Waals surface area contributed by atoms with E-state index in [-0.39, 0.29) is 16.3 Å². The molecule has 0 saturated carbocycles. The Morgan fingerprint density at radius 2 is 2.16 bits per heavy atom. The second kappa shape index (κ2) is 5.70. The summed E-state index contributed by atoms with van der Waals surface area (Å²) in [6, 6.07) is 6.31. The highest BCUT2D eigenvalue weighted by Crippen LogP contribution is 2.31. The summed E-state index contributed by atoms with van der Waals surface area (Å²) in [5, 5.41) is 8.57. The van der Waals surface area contributed by atoms with Crippen LogP contribution in [0.1, 0.15) is 10.4 Å². The summed E-state index contributed by atoms with van der Waals surface area (Å²) in [4.78, 5) is 12.2. The molecule has 0 aliphatic heterocycles. The highest BCUT2D eigenvalue weighted by molar-refractivity contribution is 7.99. The second-order valence-electron chi connectivity index (χ2n) is 3.53. The average molecular weight is 284 g/mol. The van der Waals surface area contributed by atoms with Crippen molar-refractivity contribution in [3.8, 4) is 0 Å². The van der Waals surface area contributed by atoms with Gasteiger partial charge in [0.15, 0.2) is 0 Å². The smallest absolute Gasteiger partial charge is 0.288 e. The Morgan fingerprint density at radius 3 is 2.79 bits per heavy atom.